The highest BCUT2D eigenvalue weighted by atomic mass is 29.3. The van der Waals surface area contributed by atoms with Crippen molar-refractivity contribution < 1.29 is 0 Å². The van der Waals surface area contributed by atoms with Gasteiger partial charge in [0.15, 0.2) is 0 Å². The topological polar surface area (TPSA) is 0 Å². The fraction of sp³-hybridized carbons (Fsp3) is 0.167. The van der Waals surface area contributed by atoms with Gasteiger partial charge in [0.25, 0.3) is 0 Å². The van der Waals surface area contributed by atoms with E-state index in [1.165, 1.54) is 21.5 Å². The predicted molar refractivity (Wildman–Crippen MR) is 122 cm³/mol. The Kier molecular flexibility index (Phi) is 4.13. The molecule has 4 aromatic rings. The molecule has 0 aromatic heterocycles. The lowest BCUT2D eigenvalue weighted by Crippen LogP contribution is -2.71. The van der Waals surface area contributed by atoms with Crippen molar-refractivity contribution in [1.82, 2.24) is 0 Å². The molecule has 4 aromatic carbocycles. The third kappa shape index (κ3) is 2.56. The molecular formula is C24H26Si2. The molecule has 0 fully saturated rings. The minimum atomic E-state index is -1.89. The van der Waals surface area contributed by atoms with Gasteiger partial charge >= 0.3 is 0 Å². The van der Waals surface area contributed by atoms with Crippen LogP contribution in [0.2, 0.25) is 26.2 Å². The Labute approximate surface area is 158 Å². The molecule has 0 aliphatic heterocycles. The molecule has 0 nitrogen and oxygen atoms in total. The van der Waals surface area contributed by atoms with Gasteiger partial charge in [0.1, 0.15) is 7.59 Å². The molecule has 0 spiro atoms. The van der Waals surface area contributed by atoms with Crippen LogP contribution in [0.1, 0.15) is 0 Å². The van der Waals surface area contributed by atoms with E-state index >= 15 is 0 Å². The van der Waals surface area contributed by atoms with E-state index in [2.05, 4.69) is 111 Å². The Hall–Kier alpha value is -2.17. The van der Waals surface area contributed by atoms with E-state index in [1.807, 2.05) is 0 Å². The van der Waals surface area contributed by atoms with Crippen molar-refractivity contribution in [3.8, 4) is 0 Å². The van der Waals surface area contributed by atoms with Gasteiger partial charge in [0.05, 0.1) is 0 Å². The van der Waals surface area contributed by atoms with Crippen LogP contribution in [0.5, 0.6) is 0 Å². The Morgan fingerprint density at radius 1 is 0.462 bits per heavy atom. The fourth-order valence-corrected chi connectivity index (χ4v) is 14.7. The summed E-state index contributed by atoms with van der Waals surface area (Å²) >= 11 is 0. The minimum Gasteiger partial charge on any atom is -0.0709 e. The summed E-state index contributed by atoms with van der Waals surface area (Å²) in [5.41, 5.74) is 0. The Morgan fingerprint density at radius 3 is 1.27 bits per heavy atom. The van der Waals surface area contributed by atoms with Crippen molar-refractivity contribution in [1.29, 1.82) is 0 Å². The molecule has 0 saturated heterocycles. The van der Waals surface area contributed by atoms with Crippen LogP contribution < -0.4 is 10.4 Å². The van der Waals surface area contributed by atoms with Crippen LogP contribution in [0.25, 0.3) is 21.5 Å². The van der Waals surface area contributed by atoms with E-state index in [0.29, 0.717) is 0 Å². The first-order valence-electron chi connectivity index (χ1n) is 9.39. The molecule has 0 amide bonds. The molecule has 0 aliphatic carbocycles. The molecule has 2 heteroatoms. The lowest BCUT2D eigenvalue weighted by molar-refractivity contribution is 1.71. The van der Waals surface area contributed by atoms with Gasteiger partial charge in [-0.25, -0.2) is 0 Å². The molecule has 4 rings (SSSR count). The zero-order valence-corrected chi connectivity index (χ0v) is 18.1. The summed E-state index contributed by atoms with van der Waals surface area (Å²) in [5, 5.41) is 8.82. The van der Waals surface area contributed by atoms with Gasteiger partial charge in [-0.05, 0) is 31.9 Å². The molecule has 0 radical (unpaired) electrons. The molecule has 0 N–H and O–H groups in total. The minimum absolute atomic E-state index is 1.36. The van der Waals surface area contributed by atoms with Crippen molar-refractivity contribution in [2.24, 2.45) is 0 Å². The van der Waals surface area contributed by atoms with E-state index in [0.717, 1.165) is 0 Å². The number of fused-ring (bicyclic) bond motifs is 2. The van der Waals surface area contributed by atoms with Gasteiger partial charge in [-0.3, -0.25) is 0 Å². The fourth-order valence-electron chi connectivity index (χ4n) is 4.28. The summed E-state index contributed by atoms with van der Waals surface area (Å²) in [6.45, 7) is 10.3. The lowest BCUT2D eigenvalue weighted by Gasteiger charge is -2.41. The third-order valence-corrected chi connectivity index (χ3v) is 22.8. The second-order valence-electron chi connectivity index (χ2n) is 8.43. The van der Waals surface area contributed by atoms with Gasteiger partial charge < -0.3 is 0 Å². The smallest absolute Gasteiger partial charge is 0.0709 e. The quantitative estimate of drug-likeness (QED) is 0.412. The Bertz CT molecular complexity index is 1000. The zero-order chi connectivity index (χ0) is 18.4. The van der Waals surface area contributed by atoms with Gasteiger partial charge in [0.2, 0.25) is 0 Å². The lowest BCUT2D eigenvalue weighted by atomic mass is 10.1. The first-order valence-corrected chi connectivity index (χ1v) is 16.4. The number of benzene rings is 4. The maximum Gasteiger partial charge on any atom is 0.109 e. The number of hydrogen-bond acceptors (Lipinski definition) is 0. The summed E-state index contributed by atoms with van der Waals surface area (Å²) in [6.07, 6.45) is 0. The summed E-state index contributed by atoms with van der Waals surface area (Å²) in [7, 11) is -3.38. The van der Waals surface area contributed by atoms with Gasteiger partial charge in [-0.15, -0.1) is 0 Å². The van der Waals surface area contributed by atoms with Crippen molar-refractivity contribution in [3.63, 3.8) is 0 Å². The third-order valence-electron chi connectivity index (χ3n) is 6.16. The van der Waals surface area contributed by atoms with Gasteiger partial charge in [-0.1, -0.05) is 111 Å². The number of hydrogen-bond donors (Lipinski definition) is 0. The van der Waals surface area contributed by atoms with E-state index in [9.17, 15) is 0 Å². The van der Waals surface area contributed by atoms with E-state index < -0.39 is 15.2 Å². The first kappa shape index (κ1) is 17.3. The summed E-state index contributed by atoms with van der Waals surface area (Å²) in [6, 6.07) is 31.7. The van der Waals surface area contributed by atoms with Crippen LogP contribution >= 0.6 is 0 Å². The monoisotopic (exact) mass is 370 g/mol. The highest BCUT2D eigenvalue weighted by Crippen LogP contribution is 2.26. The summed E-state index contributed by atoms with van der Waals surface area (Å²) in [4.78, 5) is 0. The zero-order valence-electron chi connectivity index (χ0n) is 16.1. The Balaban J connectivity index is 2.13. The molecule has 0 saturated carbocycles. The van der Waals surface area contributed by atoms with Crippen molar-refractivity contribution in [2.75, 3.05) is 0 Å². The molecule has 0 bridgehead atoms. The average molecular weight is 371 g/mol. The summed E-state index contributed by atoms with van der Waals surface area (Å²) in [5.74, 6) is 0. The second-order valence-corrected chi connectivity index (χ2v) is 23.8. The Morgan fingerprint density at radius 2 is 0.846 bits per heavy atom. The molecule has 0 heterocycles. The van der Waals surface area contributed by atoms with Crippen molar-refractivity contribution in [3.05, 3.63) is 84.9 Å². The van der Waals surface area contributed by atoms with Crippen LogP contribution in [0, 0.1) is 0 Å². The standard InChI is InChI=1S/C24H26Si2/c1-25(2,3)26(4,23-17-9-13-19-11-5-7-15-21(19)23)24-18-10-14-20-12-6-8-16-22(20)24/h5-18H,1-4H3. The highest BCUT2D eigenvalue weighted by molar-refractivity contribution is 7.51. The van der Waals surface area contributed by atoms with Crippen molar-refractivity contribution in [2.45, 2.75) is 26.2 Å². The van der Waals surface area contributed by atoms with Gasteiger partial charge in [0, 0.05) is 7.59 Å². The number of rotatable bonds is 3. The van der Waals surface area contributed by atoms with Crippen LogP contribution in [-0.4, -0.2) is 15.2 Å². The maximum atomic E-state index is 2.61. The predicted octanol–water partition coefficient (Wildman–Crippen LogP) is 5.60. The molecule has 0 unspecified atom stereocenters. The van der Waals surface area contributed by atoms with Crippen LogP contribution in [0.3, 0.4) is 0 Å². The largest absolute Gasteiger partial charge is 0.109 e. The highest BCUT2D eigenvalue weighted by Gasteiger charge is 2.45. The van der Waals surface area contributed by atoms with Crippen LogP contribution in [-0.2, 0) is 0 Å². The SMILES string of the molecule is C[Si](C)(C)[Si](C)(c1cccc2ccccc12)c1cccc2ccccc12. The molecule has 0 aliphatic rings. The van der Waals surface area contributed by atoms with E-state index in [-0.39, 0.29) is 0 Å². The van der Waals surface area contributed by atoms with Crippen LogP contribution in [0.4, 0.5) is 0 Å². The maximum absolute atomic E-state index is 2.61. The molecule has 26 heavy (non-hydrogen) atoms. The van der Waals surface area contributed by atoms with Gasteiger partial charge in [-0.2, -0.15) is 0 Å². The van der Waals surface area contributed by atoms with Crippen molar-refractivity contribution >= 4 is 47.1 Å². The average Bonchev–Trinajstić information content (AvgIpc) is 2.65. The normalized spacial score (nSPS) is 12.6. The van der Waals surface area contributed by atoms with Crippen LogP contribution in [0.15, 0.2) is 84.9 Å². The molecular weight excluding hydrogens is 344 g/mol. The molecule has 0 atom stereocenters. The second kappa shape index (κ2) is 6.22. The summed E-state index contributed by atoms with van der Waals surface area (Å²) < 4.78 is 0. The first-order chi connectivity index (χ1) is 12.4. The van der Waals surface area contributed by atoms with E-state index in [1.54, 1.807) is 10.4 Å². The van der Waals surface area contributed by atoms with E-state index in [4.69, 9.17) is 0 Å². The molecule has 130 valence electrons.